The number of aromatic nitrogens is 2. The highest BCUT2D eigenvalue weighted by Gasteiger charge is 2.08. The Morgan fingerprint density at radius 2 is 1.25 bits per heavy atom. The fourth-order valence-corrected chi connectivity index (χ4v) is 1.47. The summed E-state index contributed by atoms with van der Waals surface area (Å²) in [7, 11) is 0. The molecule has 0 aliphatic rings. The predicted octanol–water partition coefficient (Wildman–Crippen LogP) is 1.99. The van der Waals surface area contributed by atoms with Gasteiger partial charge in [0, 0.05) is 0 Å². The van der Waals surface area contributed by atoms with Crippen LogP contribution in [-0.2, 0) is 0 Å². The zero-order chi connectivity index (χ0) is 11.7. The van der Waals surface area contributed by atoms with Crippen molar-refractivity contribution in [3.63, 3.8) is 0 Å². The number of aryl methyl sites for hydroxylation is 2. The van der Waals surface area contributed by atoms with E-state index in [0.717, 1.165) is 11.1 Å². The van der Waals surface area contributed by atoms with Crippen molar-refractivity contribution in [3.05, 3.63) is 34.6 Å². The molecule has 0 aliphatic heterocycles. The predicted molar refractivity (Wildman–Crippen MR) is 58.4 cm³/mol. The largest absolute Gasteiger partial charge is 0.232 e. The molecule has 1 aromatic carbocycles. The molecule has 0 aliphatic carbocycles. The van der Waals surface area contributed by atoms with E-state index in [1.54, 1.807) is 0 Å². The van der Waals surface area contributed by atoms with E-state index in [-0.39, 0.29) is 11.4 Å². The molecule has 0 radical (unpaired) electrons. The number of nitriles is 2. The van der Waals surface area contributed by atoms with E-state index in [4.69, 9.17) is 10.5 Å². The van der Waals surface area contributed by atoms with Gasteiger partial charge < -0.3 is 0 Å². The molecule has 0 unspecified atom stereocenters. The first kappa shape index (κ1) is 10.1. The normalized spacial score (nSPS) is 9.75. The molecular weight excluding hydrogens is 200 g/mol. The van der Waals surface area contributed by atoms with Gasteiger partial charge in [-0.05, 0) is 37.1 Å². The topological polar surface area (TPSA) is 73.4 Å². The Labute approximate surface area is 92.8 Å². The second kappa shape index (κ2) is 3.60. The Balaban J connectivity index is 2.86. The van der Waals surface area contributed by atoms with Crippen molar-refractivity contribution in [2.24, 2.45) is 0 Å². The number of fused-ring (bicyclic) bond motifs is 1. The van der Waals surface area contributed by atoms with E-state index in [1.165, 1.54) is 0 Å². The lowest BCUT2D eigenvalue weighted by Gasteiger charge is -2.03. The van der Waals surface area contributed by atoms with Crippen LogP contribution in [0, 0.1) is 36.5 Å². The Morgan fingerprint density at radius 1 is 0.875 bits per heavy atom. The summed E-state index contributed by atoms with van der Waals surface area (Å²) in [5.74, 6) is 0. The van der Waals surface area contributed by atoms with Gasteiger partial charge in [0.25, 0.3) is 0 Å². The fourth-order valence-electron chi connectivity index (χ4n) is 1.47. The molecule has 4 heteroatoms. The van der Waals surface area contributed by atoms with Gasteiger partial charge in [0.15, 0.2) is 11.4 Å². The van der Waals surface area contributed by atoms with E-state index in [2.05, 4.69) is 9.97 Å². The quantitative estimate of drug-likeness (QED) is 0.663. The number of rotatable bonds is 0. The highest BCUT2D eigenvalue weighted by molar-refractivity contribution is 5.77. The Morgan fingerprint density at radius 3 is 1.56 bits per heavy atom. The first-order valence-corrected chi connectivity index (χ1v) is 4.75. The standard InChI is InChI=1S/C12H8N4/c1-7-3-9-10(4-8(7)2)16-12(6-14)11(5-13)15-9/h3-4H,1-2H3. The van der Waals surface area contributed by atoms with E-state index < -0.39 is 0 Å². The van der Waals surface area contributed by atoms with Gasteiger partial charge in [-0.25, -0.2) is 9.97 Å². The van der Waals surface area contributed by atoms with Crippen LogP contribution in [0.25, 0.3) is 11.0 Å². The first-order chi connectivity index (χ1) is 7.65. The molecule has 1 heterocycles. The molecule has 0 spiro atoms. The summed E-state index contributed by atoms with van der Waals surface area (Å²) in [5.41, 5.74) is 3.65. The lowest BCUT2D eigenvalue weighted by Crippen LogP contribution is -1.96. The maximum absolute atomic E-state index is 8.83. The zero-order valence-corrected chi connectivity index (χ0v) is 8.94. The van der Waals surface area contributed by atoms with Gasteiger partial charge in [0.1, 0.15) is 12.1 Å². The van der Waals surface area contributed by atoms with Crippen LogP contribution >= 0.6 is 0 Å². The number of hydrogen-bond donors (Lipinski definition) is 0. The molecular formula is C12H8N4. The van der Waals surface area contributed by atoms with E-state index in [9.17, 15) is 0 Å². The van der Waals surface area contributed by atoms with Crippen LogP contribution in [0.1, 0.15) is 22.5 Å². The third kappa shape index (κ3) is 1.47. The van der Waals surface area contributed by atoms with Crippen molar-refractivity contribution < 1.29 is 0 Å². The van der Waals surface area contributed by atoms with Gasteiger partial charge in [-0.3, -0.25) is 0 Å². The van der Waals surface area contributed by atoms with Crippen molar-refractivity contribution in [2.45, 2.75) is 13.8 Å². The van der Waals surface area contributed by atoms with Crippen LogP contribution in [0.3, 0.4) is 0 Å². The lowest BCUT2D eigenvalue weighted by molar-refractivity contribution is 1.19. The Hall–Kier alpha value is -2.46. The van der Waals surface area contributed by atoms with Gasteiger partial charge in [0.2, 0.25) is 0 Å². The summed E-state index contributed by atoms with van der Waals surface area (Å²) < 4.78 is 0. The Kier molecular flexibility index (Phi) is 2.27. The second-order valence-electron chi connectivity index (χ2n) is 3.57. The molecule has 0 amide bonds. The lowest BCUT2D eigenvalue weighted by atomic mass is 10.1. The van der Waals surface area contributed by atoms with E-state index in [0.29, 0.717) is 11.0 Å². The van der Waals surface area contributed by atoms with Gasteiger partial charge in [-0.2, -0.15) is 10.5 Å². The average molecular weight is 208 g/mol. The Bertz CT molecular complexity index is 601. The highest BCUT2D eigenvalue weighted by Crippen LogP contribution is 2.17. The molecule has 0 N–H and O–H groups in total. The van der Waals surface area contributed by atoms with Crippen molar-refractivity contribution >= 4 is 11.0 Å². The monoisotopic (exact) mass is 208 g/mol. The van der Waals surface area contributed by atoms with Crippen LogP contribution in [-0.4, -0.2) is 9.97 Å². The maximum Gasteiger partial charge on any atom is 0.177 e. The van der Waals surface area contributed by atoms with Crippen LogP contribution < -0.4 is 0 Å². The molecule has 4 nitrogen and oxygen atoms in total. The van der Waals surface area contributed by atoms with Crippen LogP contribution in [0.2, 0.25) is 0 Å². The summed E-state index contributed by atoms with van der Waals surface area (Å²) in [6, 6.07) is 7.50. The first-order valence-electron chi connectivity index (χ1n) is 4.75. The fraction of sp³-hybridized carbons (Fsp3) is 0.167. The van der Waals surface area contributed by atoms with Crippen LogP contribution in [0.4, 0.5) is 0 Å². The molecule has 0 bridgehead atoms. The molecule has 0 atom stereocenters. The third-order valence-corrected chi connectivity index (χ3v) is 2.49. The maximum atomic E-state index is 8.83. The molecule has 0 fully saturated rings. The molecule has 2 rings (SSSR count). The number of benzene rings is 1. The van der Waals surface area contributed by atoms with Crippen molar-refractivity contribution in [3.8, 4) is 12.1 Å². The van der Waals surface area contributed by atoms with Crippen LogP contribution in [0.15, 0.2) is 12.1 Å². The van der Waals surface area contributed by atoms with Crippen molar-refractivity contribution in [2.75, 3.05) is 0 Å². The molecule has 76 valence electrons. The summed E-state index contributed by atoms with van der Waals surface area (Å²) >= 11 is 0. The molecule has 1 aromatic heterocycles. The minimum absolute atomic E-state index is 0.0817. The summed E-state index contributed by atoms with van der Waals surface area (Å²) in [6.45, 7) is 3.95. The van der Waals surface area contributed by atoms with Gasteiger partial charge in [-0.15, -0.1) is 0 Å². The smallest absolute Gasteiger partial charge is 0.177 e. The van der Waals surface area contributed by atoms with Gasteiger partial charge in [0.05, 0.1) is 11.0 Å². The van der Waals surface area contributed by atoms with Gasteiger partial charge in [-0.1, -0.05) is 0 Å². The minimum atomic E-state index is 0.0817. The van der Waals surface area contributed by atoms with Crippen LogP contribution in [0.5, 0.6) is 0 Å². The summed E-state index contributed by atoms with van der Waals surface area (Å²) in [6.07, 6.45) is 0. The molecule has 2 aromatic rings. The average Bonchev–Trinajstić information content (AvgIpc) is 2.29. The van der Waals surface area contributed by atoms with E-state index in [1.807, 2.05) is 38.1 Å². The second-order valence-corrected chi connectivity index (χ2v) is 3.57. The molecule has 16 heavy (non-hydrogen) atoms. The third-order valence-electron chi connectivity index (χ3n) is 2.49. The highest BCUT2D eigenvalue weighted by atomic mass is 14.8. The molecule has 0 saturated carbocycles. The van der Waals surface area contributed by atoms with Crippen molar-refractivity contribution in [1.82, 2.24) is 9.97 Å². The van der Waals surface area contributed by atoms with E-state index >= 15 is 0 Å². The van der Waals surface area contributed by atoms with Gasteiger partial charge >= 0.3 is 0 Å². The summed E-state index contributed by atoms with van der Waals surface area (Å²) in [5, 5.41) is 17.7. The molecule has 0 saturated heterocycles. The zero-order valence-electron chi connectivity index (χ0n) is 8.94. The minimum Gasteiger partial charge on any atom is -0.232 e. The SMILES string of the molecule is Cc1cc2nc(C#N)c(C#N)nc2cc1C. The summed E-state index contributed by atoms with van der Waals surface area (Å²) in [4.78, 5) is 8.24. The van der Waals surface area contributed by atoms with Crippen molar-refractivity contribution in [1.29, 1.82) is 10.5 Å². The number of hydrogen-bond acceptors (Lipinski definition) is 4. The number of nitrogens with zero attached hydrogens (tertiary/aromatic N) is 4.